The normalized spacial score (nSPS) is 14.5. The average molecular weight is 369 g/mol. The van der Waals surface area contributed by atoms with Crippen LogP contribution in [0.1, 0.15) is 16.9 Å². The third kappa shape index (κ3) is 5.37. The van der Waals surface area contributed by atoms with Crippen LogP contribution in [0.25, 0.3) is 0 Å². The van der Waals surface area contributed by atoms with E-state index in [0.29, 0.717) is 12.2 Å². The first-order valence-corrected chi connectivity index (χ1v) is 9.29. The molecular weight excluding hydrogens is 342 g/mol. The van der Waals surface area contributed by atoms with Gasteiger partial charge in [-0.3, -0.25) is 9.78 Å². The molecule has 2 aromatic heterocycles. The van der Waals surface area contributed by atoms with Gasteiger partial charge in [0.15, 0.2) is 0 Å². The minimum atomic E-state index is -0.119. The minimum Gasteiger partial charge on any atom is -0.368 e. The summed E-state index contributed by atoms with van der Waals surface area (Å²) >= 11 is 0. The number of anilines is 2. The number of aromatic nitrogens is 3. The first-order chi connectivity index (χ1) is 13.1. The van der Waals surface area contributed by atoms with Crippen LogP contribution in [0.5, 0.6) is 0 Å². The van der Waals surface area contributed by atoms with Crippen LogP contribution >= 0.6 is 0 Å². The van der Waals surface area contributed by atoms with Crippen molar-refractivity contribution in [1.29, 1.82) is 0 Å². The summed E-state index contributed by atoms with van der Waals surface area (Å²) in [6.45, 7) is 5.00. The molecule has 1 aliphatic rings. The van der Waals surface area contributed by atoms with E-state index in [-0.39, 0.29) is 5.91 Å². The molecule has 0 atom stereocenters. The van der Waals surface area contributed by atoms with E-state index in [2.05, 4.69) is 35.0 Å². The Morgan fingerprint density at radius 2 is 1.78 bits per heavy atom. The zero-order chi connectivity index (χ0) is 19.1. The van der Waals surface area contributed by atoms with Crippen LogP contribution in [0.4, 0.5) is 11.6 Å². The molecule has 3 rings (SSSR count). The SMILES string of the molecule is CN(C)CCCNC(=O)c1cc(N2CCN(c3ncccn3)CC2)ccn1. The van der Waals surface area contributed by atoms with Crippen LogP contribution in [0, 0.1) is 0 Å². The summed E-state index contributed by atoms with van der Waals surface area (Å²) in [6.07, 6.45) is 6.15. The van der Waals surface area contributed by atoms with E-state index < -0.39 is 0 Å². The van der Waals surface area contributed by atoms with Crippen LogP contribution < -0.4 is 15.1 Å². The van der Waals surface area contributed by atoms with Gasteiger partial charge in [-0.15, -0.1) is 0 Å². The quantitative estimate of drug-likeness (QED) is 0.726. The lowest BCUT2D eigenvalue weighted by Gasteiger charge is -2.36. The van der Waals surface area contributed by atoms with E-state index in [1.807, 2.05) is 32.3 Å². The Balaban J connectivity index is 1.54. The van der Waals surface area contributed by atoms with Gasteiger partial charge in [-0.2, -0.15) is 0 Å². The van der Waals surface area contributed by atoms with Gasteiger partial charge in [0, 0.05) is 57.0 Å². The van der Waals surface area contributed by atoms with Crippen molar-refractivity contribution in [2.45, 2.75) is 6.42 Å². The second kappa shape index (κ2) is 9.27. The van der Waals surface area contributed by atoms with Crippen LogP contribution in [-0.2, 0) is 0 Å². The number of amides is 1. The number of carbonyl (C=O) groups is 1. The van der Waals surface area contributed by atoms with E-state index in [4.69, 9.17) is 0 Å². The fourth-order valence-electron chi connectivity index (χ4n) is 3.05. The Hall–Kier alpha value is -2.74. The highest BCUT2D eigenvalue weighted by Gasteiger charge is 2.20. The van der Waals surface area contributed by atoms with Crippen molar-refractivity contribution >= 4 is 17.5 Å². The zero-order valence-corrected chi connectivity index (χ0v) is 16.0. The van der Waals surface area contributed by atoms with Gasteiger partial charge in [-0.05, 0) is 45.3 Å². The maximum Gasteiger partial charge on any atom is 0.269 e. The van der Waals surface area contributed by atoms with E-state index in [1.165, 1.54) is 0 Å². The Morgan fingerprint density at radius 1 is 1.07 bits per heavy atom. The number of rotatable bonds is 7. The molecule has 1 amide bonds. The van der Waals surface area contributed by atoms with E-state index in [0.717, 1.165) is 50.8 Å². The molecule has 8 nitrogen and oxygen atoms in total. The Bertz CT molecular complexity index is 730. The van der Waals surface area contributed by atoms with Crippen LogP contribution in [0.15, 0.2) is 36.8 Å². The predicted molar refractivity (Wildman–Crippen MR) is 106 cm³/mol. The van der Waals surface area contributed by atoms with Gasteiger partial charge < -0.3 is 20.0 Å². The fourth-order valence-corrected chi connectivity index (χ4v) is 3.05. The van der Waals surface area contributed by atoms with Crippen molar-refractivity contribution in [2.24, 2.45) is 0 Å². The van der Waals surface area contributed by atoms with Crippen molar-refractivity contribution in [3.05, 3.63) is 42.5 Å². The molecule has 27 heavy (non-hydrogen) atoms. The molecule has 8 heteroatoms. The van der Waals surface area contributed by atoms with Gasteiger partial charge in [-0.1, -0.05) is 0 Å². The average Bonchev–Trinajstić information content (AvgIpc) is 2.72. The highest BCUT2D eigenvalue weighted by molar-refractivity contribution is 5.93. The van der Waals surface area contributed by atoms with E-state index in [9.17, 15) is 4.79 Å². The maximum atomic E-state index is 12.3. The number of hydrogen-bond donors (Lipinski definition) is 1. The van der Waals surface area contributed by atoms with Gasteiger partial charge in [0.1, 0.15) is 5.69 Å². The number of hydrogen-bond acceptors (Lipinski definition) is 7. The van der Waals surface area contributed by atoms with E-state index >= 15 is 0 Å². The van der Waals surface area contributed by atoms with Crippen LogP contribution in [-0.4, -0.2) is 79.1 Å². The van der Waals surface area contributed by atoms with E-state index in [1.54, 1.807) is 18.6 Å². The minimum absolute atomic E-state index is 0.119. The standard InChI is InChI=1S/C19H27N7O/c1-24(2)10-4-8-21-18(27)17-15-16(5-9-20-17)25-11-13-26(14-12-25)19-22-6-3-7-23-19/h3,5-7,9,15H,4,8,10-14H2,1-2H3,(H,21,27). The molecule has 3 heterocycles. The van der Waals surface area contributed by atoms with Gasteiger partial charge in [0.2, 0.25) is 5.95 Å². The van der Waals surface area contributed by atoms with Gasteiger partial charge in [-0.25, -0.2) is 9.97 Å². The lowest BCUT2D eigenvalue weighted by molar-refractivity contribution is 0.0947. The summed E-state index contributed by atoms with van der Waals surface area (Å²) in [5.74, 6) is 0.650. The van der Waals surface area contributed by atoms with Gasteiger partial charge in [0.05, 0.1) is 0 Å². The van der Waals surface area contributed by atoms with Gasteiger partial charge in [0.25, 0.3) is 5.91 Å². The number of nitrogens with one attached hydrogen (secondary N) is 1. The molecule has 0 saturated carbocycles. The van der Waals surface area contributed by atoms with Crippen molar-refractivity contribution in [3.63, 3.8) is 0 Å². The smallest absolute Gasteiger partial charge is 0.269 e. The Kier molecular flexibility index (Phi) is 6.54. The molecule has 144 valence electrons. The largest absolute Gasteiger partial charge is 0.368 e. The Labute approximate surface area is 160 Å². The molecule has 0 spiro atoms. The lowest BCUT2D eigenvalue weighted by atomic mass is 10.2. The molecule has 0 unspecified atom stereocenters. The molecule has 1 saturated heterocycles. The van der Waals surface area contributed by atoms with Crippen LogP contribution in [0.3, 0.4) is 0 Å². The number of nitrogens with zero attached hydrogens (tertiary/aromatic N) is 6. The summed E-state index contributed by atoms with van der Waals surface area (Å²) in [5.41, 5.74) is 1.49. The fraction of sp³-hybridized carbons (Fsp3) is 0.474. The van der Waals surface area contributed by atoms with Crippen LogP contribution in [0.2, 0.25) is 0 Å². The topological polar surface area (TPSA) is 77.5 Å². The molecule has 1 aliphatic heterocycles. The molecule has 0 bridgehead atoms. The summed E-state index contributed by atoms with van der Waals surface area (Å²) in [4.78, 5) is 31.7. The summed E-state index contributed by atoms with van der Waals surface area (Å²) < 4.78 is 0. The second-order valence-electron chi connectivity index (χ2n) is 6.83. The number of piperazine rings is 1. The first-order valence-electron chi connectivity index (χ1n) is 9.29. The Morgan fingerprint density at radius 3 is 2.48 bits per heavy atom. The summed E-state index contributed by atoms with van der Waals surface area (Å²) in [6, 6.07) is 5.65. The van der Waals surface area contributed by atoms with Crippen molar-refractivity contribution in [2.75, 3.05) is 63.2 Å². The van der Waals surface area contributed by atoms with Crippen molar-refractivity contribution < 1.29 is 4.79 Å². The van der Waals surface area contributed by atoms with Crippen molar-refractivity contribution in [3.8, 4) is 0 Å². The summed E-state index contributed by atoms with van der Waals surface area (Å²) in [5, 5.41) is 2.94. The third-order valence-electron chi connectivity index (χ3n) is 4.52. The molecule has 2 aromatic rings. The van der Waals surface area contributed by atoms with Crippen molar-refractivity contribution in [1.82, 2.24) is 25.2 Å². The molecule has 0 aromatic carbocycles. The molecule has 1 fully saturated rings. The molecule has 0 aliphatic carbocycles. The first kappa shape index (κ1) is 19.0. The molecule has 1 N–H and O–H groups in total. The monoisotopic (exact) mass is 369 g/mol. The lowest BCUT2D eigenvalue weighted by Crippen LogP contribution is -2.47. The highest BCUT2D eigenvalue weighted by atomic mass is 16.1. The molecular formula is C19H27N7O. The molecule has 0 radical (unpaired) electrons. The number of carbonyl (C=O) groups excluding carboxylic acids is 1. The highest BCUT2D eigenvalue weighted by Crippen LogP contribution is 2.18. The summed E-state index contributed by atoms with van der Waals surface area (Å²) in [7, 11) is 4.05. The predicted octanol–water partition coefficient (Wildman–Crippen LogP) is 0.880. The zero-order valence-electron chi connectivity index (χ0n) is 16.0. The van der Waals surface area contributed by atoms with Gasteiger partial charge >= 0.3 is 0 Å². The maximum absolute atomic E-state index is 12.3. The third-order valence-corrected chi connectivity index (χ3v) is 4.52. The second-order valence-corrected chi connectivity index (χ2v) is 6.83. The number of pyridine rings is 1.